The van der Waals surface area contributed by atoms with Crippen molar-refractivity contribution < 1.29 is 14.3 Å². The number of anilines is 1. The van der Waals surface area contributed by atoms with E-state index in [-0.39, 0.29) is 0 Å². The average Bonchev–Trinajstić information content (AvgIpc) is 3.07. The number of carbonyl (C=O) groups is 2. The predicted molar refractivity (Wildman–Crippen MR) is 80.1 cm³/mol. The summed E-state index contributed by atoms with van der Waals surface area (Å²) in [6.07, 6.45) is 2.43. The minimum absolute atomic E-state index is 0.414. The molecule has 3 rings (SSSR count). The summed E-state index contributed by atoms with van der Waals surface area (Å²) in [5.74, 6) is -0.254. The Labute approximate surface area is 124 Å². The van der Waals surface area contributed by atoms with Crippen molar-refractivity contribution in [1.29, 1.82) is 0 Å². The molecule has 21 heavy (non-hydrogen) atoms. The Morgan fingerprint density at radius 3 is 2.52 bits per heavy atom. The number of Topliss-reactive ketones (excluding diaryl/α,β-unsaturated/α-hetero) is 1. The second kappa shape index (κ2) is 5.48. The van der Waals surface area contributed by atoms with Crippen molar-refractivity contribution in [1.82, 2.24) is 4.90 Å². The summed E-state index contributed by atoms with van der Waals surface area (Å²) in [7, 11) is 1.57. The van der Waals surface area contributed by atoms with Gasteiger partial charge in [-0.05, 0) is 44.5 Å². The maximum Gasteiger partial charge on any atom is 0.299 e. The van der Waals surface area contributed by atoms with E-state index in [1.807, 2.05) is 19.1 Å². The number of hydrogen-bond donors (Lipinski definition) is 0. The molecule has 2 aliphatic rings. The summed E-state index contributed by atoms with van der Waals surface area (Å²) >= 11 is 0. The molecule has 0 unspecified atom stereocenters. The van der Waals surface area contributed by atoms with Gasteiger partial charge in [0.2, 0.25) is 0 Å². The number of rotatable bonds is 4. The van der Waals surface area contributed by atoms with E-state index in [9.17, 15) is 9.59 Å². The number of benzene rings is 1. The molecule has 5 nitrogen and oxygen atoms in total. The molecule has 0 aromatic heterocycles. The van der Waals surface area contributed by atoms with Gasteiger partial charge in [-0.3, -0.25) is 9.59 Å². The maximum atomic E-state index is 12.3. The molecule has 1 amide bonds. The molecule has 0 radical (unpaired) electrons. The molecule has 2 aliphatic heterocycles. The first kappa shape index (κ1) is 14.1. The van der Waals surface area contributed by atoms with Gasteiger partial charge >= 0.3 is 0 Å². The number of methoxy groups -OCH3 is 1. The largest absolute Gasteiger partial charge is 0.495 e. The molecule has 0 spiro atoms. The van der Waals surface area contributed by atoms with Gasteiger partial charge < -0.3 is 14.5 Å². The lowest BCUT2D eigenvalue weighted by atomic mass is 10.0. The number of ether oxygens (including phenoxy) is 1. The molecule has 5 heteroatoms. The van der Waals surface area contributed by atoms with E-state index in [0.717, 1.165) is 25.2 Å². The number of aryl methyl sites for hydroxylation is 1. The Balaban J connectivity index is 1.90. The Bertz CT molecular complexity index is 591. The van der Waals surface area contributed by atoms with Gasteiger partial charge in [-0.2, -0.15) is 0 Å². The van der Waals surface area contributed by atoms with Gasteiger partial charge in [0.05, 0.1) is 18.4 Å². The molecular weight excluding hydrogens is 268 g/mol. The van der Waals surface area contributed by atoms with Gasteiger partial charge in [-0.1, -0.05) is 6.07 Å². The summed E-state index contributed by atoms with van der Waals surface area (Å²) in [4.78, 5) is 28.4. The van der Waals surface area contributed by atoms with Crippen molar-refractivity contribution in [2.45, 2.75) is 19.8 Å². The van der Waals surface area contributed by atoms with Crippen LogP contribution in [0.4, 0.5) is 5.69 Å². The Hall–Kier alpha value is -1.88. The highest BCUT2D eigenvalue weighted by Gasteiger charge is 2.39. The van der Waals surface area contributed by atoms with Crippen LogP contribution in [0.15, 0.2) is 12.1 Å². The van der Waals surface area contributed by atoms with Crippen LogP contribution in [-0.2, 0) is 4.79 Å². The third-order valence-corrected chi connectivity index (χ3v) is 4.34. The van der Waals surface area contributed by atoms with E-state index >= 15 is 0 Å². The van der Waals surface area contributed by atoms with E-state index in [1.54, 1.807) is 12.0 Å². The van der Waals surface area contributed by atoms with E-state index < -0.39 is 11.7 Å². The summed E-state index contributed by atoms with van der Waals surface area (Å²) in [6, 6.07) is 3.65. The molecule has 1 saturated heterocycles. The van der Waals surface area contributed by atoms with Crippen molar-refractivity contribution >= 4 is 17.4 Å². The minimum atomic E-state index is -0.434. The fourth-order valence-corrected chi connectivity index (χ4v) is 3.18. The molecule has 0 atom stereocenters. The average molecular weight is 288 g/mol. The Morgan fingerprint density at radius 1 is 1.14 bits per heavy atom. The van der Waals surface area contributed by atoms with Crippen molar-refractivity contribution in [2.24, 2.45) is 0 Å². The molecule has 1 aromatic rings. The first-order valence-corrected chi connectivity index (χ1v) is 7.39. The fourth-order valence-electron chi connectivity index (χ4n) is 3.18. The number of amides is 1. The number of nitrogens with zero attached hydrogens (tertiary/aromatic N) is 2. The van der Waals surface area contributed by atoms with Crippen LogP contribution in [0.3, 0.4) is 0 Å². The number of fused-ring (bicyclic) bond motifs is 1. The van der Waals surface area contributed by atoms with Gasteiger partial charge in [0.1, 0.15) is 5.75 Å². The van der Waals surface area contributed by atoms with Gasteiger partial charge in [0, 0.05) is 13.1 Å². The van der Waals surface area contributed by atoms with Crippen LogP contribution < -0.4 is 9.64 Å². The zero-order chi connectivity index (χ0) is 15.0. The molecule has 0 N–H and O–H groups in total. The monoisotopic (exact) mass is 288 g/mol. The van der Waals surface area contributed by atoms with E-state index in [0.29, 0.717) is 23.5 Å². The second-order valence-electron chi connectivity index (χ2n) is 5.64. The van der Waals surface area contributed by atoms with Crippen LogP contribution >= 0.6 is 0 Å². The number of hydrogen-bond acceptors (Lipinski definition) is 4. The van der Waals surface area contributed by atoms with Crippen LogP contribution in [0.2, 0.25) is 0 Å². The number of likely N-dealkylation sites (tertiary alicyclic amines) is 1. The van der Waals surface area contributed by atoms with Gasteiger partial charge in [0.25, 0.3) is 11.7 Å². The highest BCUT2D eigenvalue weighted by atomic mass is 16.5. The lowest BCUT2D eigenvalue weighted by Gasteiger charge is -2.22. The van der Waals surface area contributed by atoms with E-state index in [4.69, 9.17) is 4.74 Å². The van der Waals surface area contributed by atoms with Crippen LogP contribution in [0.1, 0.15) is 28.8 Å². The zero-order valence-electron chi connectivity index (χ0n) is 12.5. The molecule has 2 heterocycles. The SMILES string of the molecule is COc1ccc(C)c2c1N(CCN1CCCC1)C(=O)C2=O. The van der Waals surface area contributed by atoms with Gasteiger partial charge in [-0.25, -0.2) is 0 Å². The molecule has 112 valence electrons. The van der Waals surface area contributed by atoms with Crippen molar-refractivity contribution in [3.05, 3.63) is 23.3 Å². The first-order valence-electron chi connectivity index (χ1n) is 7.39. The first-order chi connectivity index (χ1) is 10.1. The minimum Gasteiger partial charge on any atom is -0.495 e. The van der Waals surface area contributed by atoms with Gasteiger partial charge in [-0.15, -0.1) is 0 Å². The summed E-state index contributed by atoms with van der Waals surface area (Å²) < 4.78 is 5.35. The molecule has 0 aliphatic carbocycles. The molecule has 1 fully saturated rings. The summed E-state index contributed by atoms with van der Waals surface area (Å²) in [6.45, 7) is 5.35. The van der Waals surface area contributed by atoms with Crippen molar-refractivity contribution in [3.63, 3.8) is 0 Å². The third kappa shape index (κ3) is 2.31. The van der Waals surface area contributed by atoms with Crippen LogP contribution in [-0.4, -0.2) is 49.9 Å². The van der Waals surface area contributed by atoms with Crippen LogP contribution in [0.5, 0.6) is 5.75 Å². The Kier molecular flexibility index (Phi) is 3.68. The number of ketones is 1. The third-order valence-electron chi connectivity index (χ3n) is 4.34. The highest BCUT2D eigenvalue weighted by Crippen LogP contribution is 2.39. The predicted octanol–water partition coefficient (Wildman–Crippen LogP) is 1.63. The second-order valence-corrected chi connectivity index (χ2v) is 5.64. The maximum absolute atomic E-state index is 12.3. The van der Waals surface area contributed by atoms with Crippen molar-refractivity contribution in [2.75, 3.05) is 38.2 Å². The molecule has 1 aromatic carbocycles. The summed E-state index contributed by atoms with van der Waals surface area (Å²) in [5.41, 5.74) is 1.97. The van der Waals surface area contributed by atoms with Gasteiger partial charge in [0.15, 0.2) is 0 Å². The Morgan fingerprint density at radius 2 is 1.86 bits per heavy atom. The van der Waals surface area contributed by atoms with Crippen LogP contribution in [0.25, 0.3) is 0 Å². The fraction of sp³-hybridized carbons (Fsp3) is 0.500. The molecular formula is C16H20N2O3. The van der Waals surface area contributed by atoms with Crippen molar-refractivity contribution in [3.8, 4) is 5.75 Å². The molecule has 0 bridgehead atoms. The lowest BCUT2D eigenvalue weighted by molar-refractivity contribution is -0.114. The smallest absolute Gasteiger partial charge is 0.299 e. The van der Waals surface area contributed by atoms with E-state index in [1.165, 1.54) is 12.8 Å². The summed E-state index contributed by atoms with van der Waals surface area (Å²) in [5, 5.41) is 0. The van der Waals surface area contributed by atoms with Crippen LogP contribution in [0, 0.1) is 6.92 Å². The normalized spacial score (nSPS) is 18.5. The topological polar surface area (TPSA) is 49.9 Å². The highest BCUT2D eigenvalue weighted by molar-refractivity contribution is 6.53. The standard InChI is InChI=1S/C16H20N2O3/c1-11-5-6-12(21-2)14-13(11)15(19)16(20)18(14)10-9-17-7-3-4-8-17/h5-6H,3-4,7-10H2,1-2H3. The molecule has 0 saturated carbocycles. The zero-order valence-corrected chi connectivity index (χ0v) is 12.5. The lowest BCUT2D eigenvalue weighted by Crippen LogP contribution is -2.37. The quantitative estimate of drug-likeness (QED) is 0.790. The number of carbonyl (C=O) groups excluding carboxylic acids is 2. The van der Waals surface area contributed by atoms with E-state index in [2.05, 4.69) is 4.90 Å².